The van der Waals surface area contributed by atoms with Gasteiger partial charge >= 0.3 is 5.97 Å². The fourth-order valence-corrected chi connectivity index (χ4v) is 2.04. The molecule has 2 amide bonds. The lowest BCUT2D eigenvalue weighted by Crippen LogP contribution is -2.17. The predicted octanol–water partition coefficient (Wildman–Crippen LogP) is 1.07. The molecular weight excluding hydrogens is 287 g/mol. The van der Waals surface area contributed by atoms with Crippen LogP contribution in [0.5, 0.6) is 0 Å². The van der Waals surface area contributed by atoms with Crippen LogP contribution in [-0.4, -0.2) is 34.4 Å². The predicted molar refractivity (Wildman–Crippen MR) is 73.1 cm³/mol. The molecule has 6 nitrogen and oxygen atoms in total. The van der Waals surface area contributed by atoms with E-state index in [1.807, 2.05) is 0 Å². The van der Waals surface area contributed by atoms with Gasteiger partial charge in [0, 0.05) is 12.2 Å². The smallest absolute Gasteiger partial charge is 0.337 e. The molecule has 1 rings (SSSR count). The van der Waals surface area contributed by atoms with Crippen LogP contribution in [0.1, 0.15) is 16.8 Å². The van der Waals surface area contributed by atoms with Crippen molar-refractivity contribution in [3.8, 4) is 0 Å². The van der Waals surface area contributed by atoms with Gasteiger partial charge < -0.3 is 16.2 Å². The van der Waals surface area contributed by atoms with Crippen molar-refractivity contribution >= 4 is 35.2 Å². The Hall–Kier alpha value is -2.09. The topological polar surface area (TPSA) is 109 Å². The Morgan fingerprint density at radius 1 is 1.35 bits per heavy atom. The summed E-state index contributed by atoms with van der Waals surface area (Å²) in [6, 6.07) is 3.50. The van der Waals surface area contributed by atoms with E-state index in [9.17, 15) is 18.8 Å². The van der Waals surface area contributed by atoms with Crippen LogP contribution in [-0.2, 0) is 9.59 Å². The quantitative estimate of drug-likeness (QED) is 0.653. The number of carboxylic acid groups (broad SMARTS) is 1. The monoisotopic (exact) mass is 300 g/mol. The lowest BCUT2D eigenvalue weighted by Gasteiger charge is -2.09. The highest BCUT2D eigenvalue weighted by Crippen LogP contribution is 2.20. The number of carbonyl (C=O) groups is 3. The summed E-state index contributed by atoms with van der Waals surface area (Å²) in [7, 11) is 0. The fraction of sp³-hybridized carbons (Fsp3) is 0.250. The Morgan fingerprint density at radius 3 is 2.65 bits per heavy atom. The second kappa shape index (κ2) is 7.49. The molecule has 0 aromatic heterocycles. The summed E-state index contributed by atoms with van der Waals surface area (Å²) in [6.07, 6.45) is 0.0192. The number of carboxylic acids is 1. The summed E-state index contributed by atoms with van der Waals surface area (Å²) in [6.45, 7) is 0. The molecular formula is C12H13FN2O4S. The van der Waals surface area contributed by atoms with Crippen molar-refractivity contribution in [3.63, 3.8) is 0 Å². The van der Waals surface area contributed by atoms with Crippen molar-refractivity contribution in [3.05, 3.63) is 29.6 Å². The second-order valence-electron chi connectivity index (χ2n) is 3.78. The Bertz CT molecular complexity index is 536. The van der Waals surface area contributed by atoms with Crippen LogP contribution in [0.2, 0.25) is 0 Å². The van der Waals surface area contributed by atoms with E-state index in [2.05, 4.69) is 5.32 Å². The maximum atomic E-state index is 13.5. The van der Waals surface area contributed by atoms with Crippen molar-refractivity contribution in [2.45, 2.75) is 6.42 Å². The van der Waals surface area contributed by atoms with E-state index in [-0.39, 0.29) is 23.4 Å². The van der Waals surface area contributed by atoms with Gasteiger partial charge in [-0.1, -0.05) is 6.07 Å². The summed E-state index contributed by atoms with van der Waals surface area (Å²) >= 11 is 1.17. The number of thioether (sulfide) groups is 1. The van der Waals surface area contributed by atoms with Gasteiger partial charge in [-0.15, -0.1) is 0 Å². The van der Waals surface area contributed by atoms with Crippen molar-refractivity contribution in [1.29, 1.82) is 0 Å². The SMILES string of the molecule is NC(=O)CSCCC(=O)Nc1c(F)cccc1C(=O)O. The van der Waals surface area contributed by atoms with Gasteiger partial charge in [0.05, 0.1) is 17.0 Å². The zero-order valence-corrected chi connectivity index (χ0v) is 11.2. The highest BCUT2D eigenvalue weighted by Gasteiger charge is 2.16. The first-order valence-electron chi connectivity index (χ1n) is 5.59. The molecule has 0 spiro atoms. The largest absolute Gasteiger partial charge is 0.478 e. The summed E-state index contributed by atoms with van der Waals surface area (Å²) in [4.78, 5) is 33.0. The lowest BCUT2D eigenvalue weighted by molar-refractivity contribution is -0.116. The number of hydrogen-bond acceptors (Lipinski definition) is 4. The number of carbonyl (C=O) groups excluding carboxylic acids is 2. The average molecular weight is 300 g/mol. The zero-order valence-electron chi connectivity index (χ0n) is 10.4. The van der Waals surface area contributed by atoms with Crippen LogP contribution >= 0.6 is 11.8 Å². The van der Waals surface area contributed by atoms with E-state index in [4.69, 9.17) is 10.8 Å². The van der Waals surface area contributed by atoms with Crippen molar-refractivity contribution in [1.82, 2.24) is 0 Å². The molecule has 0 fully saturated rings. The maximum Gasteiger partial charge on any atom is 0.337 e. The standard InChI is InChI=1S/C12H13FN2O4S/c13-8-3-1-2-7(12(18)19)11(8)15-10(17)4-5-20-6-9(14)16/h1-3H,4-6H2,(H2,14,16)(H,15,17)(H,18,19). The van der Waals surface area contributed by atoms with E-state index in [0.717, 1.165) is 6.07 Å². The Kier molecular flexibility index (Phi) is 5.98. The van der Waals surface area contributed by atoms with E-state index in [0.29, 0.717) is 5.75 Å². The summed E-state index contributed by atoms with van der Waals surface area (Å²) < 4.78 is 13.5. The molecule has 0 atom stereocenters. The third kappa shape index (κ3) is 4.88. The molecule has 1 aromatic rings. The van der Waals surface area contributed by atoms with Crippen molar-refractivity contribution < 1.29 is 23.9 Å². The third-order valence-corrected chi connectivity index (χ3v) is 3.21. The number of para-hydroxylation sites is 1. The van der Waals surface area contributed by atoms with Crippen LogP contribution < -0.4 is 11.1 Å². The first kappa shape index (κ1) is 16.0. The molecule has 0 unspecified atom stereocenters. The molecule has 0 bridgehead atoms. The Balaban J connectivity index is 2.62. The first-order valence-corrected chi connectivity index (χ1v) is 6.75. The number of nitrogens with two attached hydrogens (primary N) is 1. The van der Waals surface area contributed by atoms with Gasteiger partial charge in [0.15, 0.2) is 0 Å². The van der Waals surface area contributed by atoms with Crippen LogP contribution in [0.25, 0.3) is 0 Å². The van der Waals surface area contributed by atoms with Gasteiger partial charge in [0.1, 0.15) is 5.82 Å². The van der Waals surface area contributed by atoms with E-state index in [1.54, 1.807) is 0 Å². The molecule has 0 heterocycles. The minimum atomic E-state index is -1.33. The summed E-state index contributed by atoms with van der Waals surface area (Å²) in [5.41, 5.74) is 4.26. The van der Waals surface area contributed by atoms with Gasteiger partial charge in [0.2, 0.25) is 11.8 Å². The van der Waals surface area contributed by atoms with Crippen LogP contribution in [0, 0.1) is 5.82 Å². The number of aromatic carboxylic acids is 1. The fourth-order valence-electron chi connectivity index (χ4n) is 1.37. The minimum absolute atomic E-state index is 0.0192. The minimum Gasteiger partial charge on any atom is -0.478 e. The molecule has 0 saturated carbocycles. The van der Waals surface area contributed by atoms with E-state index in [1.165, 1.54) is 23.9 Å². The van der Waals surface area contributed by atoms with Crippen LogP contribution in [0.15, 0.2) is 18.2 Å². The summed E-state index contributed by atoms with van der Waals surface area (Å²) in [5, 5.41) is 11.1. The summed E-state index contributed by atoms with van der Waals surface area (Å²) in [5.74, 6) is -2.75. The number of primary amides is 1. The van der Waals surface area contributed by atoms with E-state index >= 15 is 0 Å². The highest BCUT2D eigenvalue weighted by molar-refractivity contribution is 7.99. The number of amides is 2. The molecule has 0 aliphatic heterocycles. The van der Waals surface area contributed by atoms with E-state index < -0.39 is 23.6 Å². The van der Waals surface area contributed by atoms with Gasteiger partial charge in [-0.3, -0.25) is 9.59 Å². The highest BCUT2D eigenvalue weighted by atomic mass is 32.2. The zero-order chi connectivity index (χ0) is 15.1. The molecule has 1 aromatic carbocycles. The first-order chi connectivity index (χ1) is 9.41. The van der Waals surface area contributed by atoms with Gasteiger partial charge in [-0.2, -0.15) is 11.8 Å². The molecule has 0 radical (unpaired) electrons. The molecule has 4 N–H and O–H groups in total. The van der Waals surface area contributed by atoms with Crippen LogP contribution in [0.4, 0.5) is 10.1 Å². The lowest BCUT2D eigenvalue weighted by atomic mass is 10.1. The molecule has 108 valence electrons. The Labute approximate surface area is 118 Å². The van der Waals surface area contributed by atoms with Gasteiger partial charge in [-0.05, 0) is 12.1 Å². The van der Waals surface area contributed by atoms with Gasteiger partial charge in [0.25, 0.3) is 0 Å². The number of nitrogens with one attached hydrogen (secondary N) is 1. The molecule has 0 saturated heterocycles. The molecule has 0 aliphatic carbocycles. The molecule has 0 aliphatic rings. The van der Waals surface area contributed by atoms with Gasteiger partial charge in [-0.25, -0.2) is 9.18 Å². The molecule has 8 heteroatoms. The Morgan fingerprint density at radius 2 is 2.05 bits per heavy atom. The number of hydrogen-bond donors (Lipinski definition) is 3. The second-order valence-corrected chi connectivity index (χ2v) is 4.89. The maximum absolute atomic E-state index is 13.5. The van der Waals surface area contributed by atoms with Crippen LogP contribution in [0.3, 0.4) is 0 Å². The molecule has 20 heavy (non-hydrogen) atoms. The third-order valence-electron chi connectivity index (χ3n) is 2.23. The van der Waals surface area contributed by atoms with Crippen molar-refractivity contribution in [2.75, 3.05) is 16.8 Å². The number of rotatable bonds is 7. The number of benzene rings is 1. The average Bonchev–Trinajstić information content (AvgIpc) is 2.36. The van der Waals surface area contributed by atoms with Crippen molar-refractivity contribution in [2.24, 2.45) is 5.73 Å². The number of anilines is 1. The normalized spacial score (nSPS) is 10.1. The number of halogens is 1.